The number of nitrogens with zero attached hydrogens (tertiary/aromatic N) is 4. The average Bonchev–Trinajstić information content (AvgIpc) is 3.15. The maximum absolute atomic E-state index is 4.79. The molecule has 0 saturated heterocycles. The van der Waals surface area contributed by atoms with Crippen LogP contribution in [0.1, 0.15) is 52.3 Å². The van der Waals surface area contributed by atoms with Crippen LogP contribution in [0, 0.1) is 0 Å². The van der Waals surface area contributed by atoms with Crippen molar-refractivity contribution in [1.82, 2.24) is 19.5 Å². The lowest BCUT2D eigenvalue weighted by Crippen LogP contribution is -2.16. The lowest BCUT2D eigenvalue weighted by atomic mass is 9.92. The molecule has 0 aliphatic heterocycles. The van der Waals surface area contributed by atoms with Crippen molar-refractivity contribution in [2.75, 3.05) is 11.9 Å². The van der Waals surface area contributed by atoms with E-state index in [0.29, 0.717) is 6.04 Å². The van der Waals surface area contributed by atoms with E-state index in [2.05, 4.69) is 47.5 Å². The Morgan fingerprint density at radius 2 is 2.05 bits per heavy atom. The molecule has 5 nitrogen and oxygen atoms in total. The van der Waals surface area contributed by atoms with Gasteiger partial charge in [-0.3, -0.25) is 0 Å². The number of nitrogens with one attached hydrogen (secondary N) is 1. The van der Waals surface area contributed by atoms with Crippen LogP contribution in [0.5, 0.6) is 0 Å². The molecule has 0 amide bonds. The molecule has 0 spiro atoms. The highest BCUT2D eigenvalue weighted by atomic mass is 15.1. The first kappa shape index (κ1) is 14.0. The van der Waals surface area contributed by atoms with Crippen LogP contribution in [0.2, 0.25) is 0 Å². The second-order valence-corrected chi connectivity index (χ2v) is 6.66. The Labute approximate surface area is 125 Å². The molecule has 0 unspecified atom stereocenters. The van der Waals surface area contributed by atoms with E-state index in [9.17, 15) is 0 Å². The van der Waals surface area contributed by atoms with Crippen LogP contribution in [-0.4, -0.2) is 26.1 Å². The van der Waals surface area contributed by atoms with Gasteiger partial charge in [0.1, 0.15) is 11.5 Å². The molecule has 5 heteroatoms. The van der Waals surface area contributed by atoms with Gasteiger partial charge in [0.15, 0.2) is 5.82 Å². The minimum absolute atomic E-state index is 0.00765. The van der Waals surface area contributed by atoms with Gasteiger partial charge in [-0.2, -0.15) is 0 Å². The lowest BCUT2D eigenvalue weighted by molar-refractivity contribution is 0.567. The summed E-state index contributed by atoms with van der Waals surface area (Å²) in [7, 11) is 0. The Hall–Kier alpha value is -1.91. The molecular formula is C16H23N5. The zero-order chi connectivity index (χ0) is 15.0. The maximum atomic E-state index is 4.79. The van der Waals surface area contributed by atoms with Crippen molar-refractivity contribution in [2.45, 2.75) is 52.0 Å². The lowest BCUT2D eigenvalue weighted by Gasteiger charge is -2.20. The monoisotopic (exact) mass is 285 g/mol. The molecule has 2 aromatic rings. The number of hydrogen-bond acceptors (Lipinski definition) is 4. The summed E-state index contributed by atoms with van der Waals surface area (Å²) in [6.07, 6.45) is 6.22. The summed E-state index contributed by atoms with van der Waals surface area (Å²) in [5.41, 5.74) is 2.06. The van der Waals surface area contributed by atoms with Gasteiger partial charge in [0.2, 0.25) is 0 Å². The molecule has 2 heterocycles. The third kappa shape index (κ3) is 2.91. The van der Waals surface area contributed by atoms with Crippen LogP contribution < -0.4 is 5.32 Å². The van der Waals surface area contributed by atoms with Crippen molar-refractivity contribution in [1.29, 1.82) is 0 Å². The van der Waals surface area contributed by atoms with Gasteiger partial charge in [-0.15, -0.1) is 0 Å². The minimum atomic E-state index is -0.00765. The number of rotatable bonds is 4. The molecular weight excluding hydrogens is 262 g/mol. The molecule has 1 saturated carbocycles. The van der Waals surface area contributed by atoms with Crippen LogP contribution >= 0.6 is 0 Å². The van der Waals surface area contributed by atoms with Crippen LogP contribution in [0.25, 0.3) is 11.5 Å². The standard InChI is InChI=1S/C16H23N5/c1-5-18-14-8-13(16(2,3)4)19-15(20-14)12-9-17-10-21(12)11-6-7-11/h8-11H,5-7H2,1-4H3,(H,18,19,20). The summed E-state index contributed by atoms with van der Waals surface area (Å²) in [6, 6.07) is 2.62. The molecule has 0 radical (unpaired) electrons. The fraction of sp³-hybridized carbons (Fsp3) is 0.562. The van der Waals surface area contributed by atoms with E-state index in [1.807, 2.05) is 18.6 Å². The Bertz CT molecular complexity index is 634. The summed E-state index contributed by atoms with van der Waals surface area (Å²) >= 11 is 0. The first-order valence-corrected chi connectivity index (χ1v) is 7.64. The third-order valence-electron chi connectivity index (χ3n) is 3.69. The Kier molecular flexibility index (Phi) is 3.43. The van der Waals surface area contributed by atoms with Crippen molar-refractivity contribution >= 4 is 5.82 Å². The quantitative estimate of drug-likeness (QED) is 0.935. The molecule has 0 bridgehead atoms. The molecule has 3 rings (SSSR count). The van der Waals surface area contributed by atoms with Gasteiger partial charge >= 0.3 is 0 Å². The zero-order valence-electron chi connectivity index (χ0n) is 13.2. The van der Waals surface area contributed by atoms with Gasteiger partial charge in [-0.25, -0.2) is 15.0 Å². The highest BCUT2D eigenvalue weighted by Crippen LogP contribution is 2.38. The van der Waals surface area contributed by atoms with E-state index in [4.69, 9.17) is 4.98 Å². The molecule has 0 atom stereocenters. The van der Waals surface area contributed by atoms with Crippen molar-refractivity contribution in [2.24, 2.45) is 0 Å². The highest BCUT2D eigenvalue weighted by Gasteiger charge is 2.27. The van der Waals surface area contributed by atoms with Gasteiger partial charge < -0.3 is 9.88 Å². The molecule has 1 N–H and O–H groups in total. The van der Waals surface area contributed by atoms with E-state index in [0.717, 1.165) is 29.6 Å². The van der Waals surface area contributed by atoms with E-state index in [1.165, 1.54) is 12.8 Å². The molecule has 0 aromatic carbocycles. The molecule has 2 aromatic heterocycles. The van der Waals surface area contributed by atoms with Crippen LogP contribution in [0.4, 0.5) is 5.82 Å². The zero-order valence-corrected chi connectivity index (χ0v) is 13.2. The van der Waals surface area contributed by atoms with Crippen LogP contribution in [0.3, 0.4) is 0 Å². The first-order chi connectivity index (χ1) is 9.99. The molecule has 1 aliphatic carbocycles. The second kappa shape index (κ2) is 5.13. The van der Waals surface area contributed by atoms with E-state index < -0.39 is 0 Å². The molecule has 1 aliphatic rings. The largest absolute Gasteiger partial charge is 0.370 e. The van der Waals surface area contributed by atoms with E-state index in [1.54, 1.807) is 0 Å². The van der Waals surface area contributed by atoms with Crippen LogP contribution in [-0.2, 0) is 5.41 Å². The van der Waals surface area contributed by atoms with Crippen LogP contribution in [0.15, 0.2) is 18.6 Å². The Morgan fingerprint density at radius 1 is 1.29 bits per heavy atom. The fourth-order valence-electron chi connectivity index (χ4n) is 2.34. The topological polar surface area (TPSA) is 55.6 Å². The van der Waals surface area contributed by atoms with E-state index >= 15 is 0 Å². The summed E-state index contributed by atoms with van der Waals surface area (Å²) in [5.74, 6) is 1.65. The van der Waals surface area contributed by atoms with Crippen molar-refractivity contribution in [3.8, 4) is 11.5 Å². The number of imidazole rings is 1. The third-order valence-corrected chi connectivity index (χ3v) is 3.69. The summed E-state index contributed by atoms with van der Waals surface area (Å²) < 4.78 is 2.21. The van der Waals surface area contributed by atoms with Gasteiger partial charge in [-0.1, -0.05) is 20.8 Å². The smallest absolute Gasteiger partial charge is 0.180 e. The summed E-state index contributed by atoms with van der Waals surface area (Å²) in [6.45, 7) is 9.45. The van der Waals surface area contributed by atoms with Crippen molar-refractivity contribution in [3.05, 3.63) is 24.3 Å². The molecule has 1 fully saturated rings. The number of anilines is 1. The first-order valence-electron chi connectivity index (χ1n) is 7.64. The SMILES string of the molecule is CCNc1cc(C(C)(C)C)nc(-c2cncn2C2CC2)n1. The van der Waals surface area contributed by atoms with Crippen molar-refractivity contribution in [3.63, 3.8) is 0 Å². The fourth-order valence-corrected chi connectivity index (χ4v) is 2.34. The summed E-state index contributed by atoms with van der Waals surface area (Å²) in [5, 5.41) is 3.31. The van der Waals surface area contributed by atoms with Crippen molar-refractivity contribution < 1.29 is 0 Å². The highest BCUT2D eigenvalue weighted by molar-refractivity contribution is 5.54. The van der Waals surface area contributed by atoms with Gasteiger partial charge in [0.25, 0.3) is 0 Å². The number of hydrogen-bond donors (Lipinski definition) is 1. The van der Waals surface area contributed by atoms with E-state index in [-0.39, 0.29) is 5.41 Å². The second-order valence-electron chi connectivity index (χ2n) is 6.66. The average molecular weight is 285 g/mol. The molecule has 112 valence electrons. The number of aromatic nitrogens is 4. The van der Waals surface area contributed by atoms with Gasteiger partial charge in [0.05, 0.1) is 18.2 Å². The predicted molar refractivity (Wildman–Crippen MR) is 84.4 cm³/mol. The van der Waals surface area contributed by atoms with Gasteiger partial charge in [0, 0.05) is 24.1 Å². The summed E-state index contributed by atoms with van der Waals surface area (Å²) in [4.78, 5) is 13.7. The minimum Gasteiger partial charge on any atom is -0.370 e. The molecule has 21 heavy (non-hydrogen) atoms. The predicted octanol–water partition coefficient (Wildman–Crippen LogP) is 3.40. The maximum Gasteiger partial charge on any atom is 0.180 e. The Balaban J connectivity index is 2.08. The normalized spacial score (nSPS) is 15.2. The van der Waals surface area contributed by atoms with Gasteiger partial charge in [-0.05, 0) is 19.8 Å². The Morgan fingerprint density at radius 3 is 2.67 bits per heavy atom.